The summed E-state index contributed by atoms with van der Waals surface area (Å²) in [6.07, 6.45) is 3.01. The largest absolute Gasteiger partial charge is 0.486 e. The van der Waals surface area contributed by atoms with E-state index in [0.29, 0.717) is 41.4 Å². The second-order valence-electron chi connectivity index (χ2n) is 5.33. The molecule has 0 radical (unpaired) electrons. The van der Waals surface area contributed by atoms with Crippen molar-refractivity contribution in [1.29, 1.82) is 0 Å². The van der Waals surface area contributed by atoms with Gasteiger partial charge in [-0.3, -0.25) is 0 Å². The molecule has 6 nitrogen and oxygen atoms in total. The maximum atomic E-state index is 9.19. The lowest BCUT2D eigenvalue weighted by Gasteiger charge is -2.31. The summed E-state index contributed by atoms with van der Waals surface area (Å²) in [5.74, 6) is 1.11. The number of aromatic nitrogens is 2. The molecule has 2 heterocycles. The lowest BCUT2D eigenvalue weighted by Crippen LogP contribution is -2.44. The van der Waals surface area contributed by atoms with Crippen molar-refractivity contribution in [2.45, 2.75) is 12.7 Å². The molecule has 1 aromatic carbocycles. The van der Waals surface area contributed by atoms with E-state index >= 15 is 0 Å². The Morgan fingerprint density at radius 1 is 1.25 bits per heavy atom. The molecular formula is C16H17Cl2N3O3. The molecular weight excluding hydrogens is 353 g/mol. The Labute approximate surface area is 149 Å². The van der Waals surface area contributed by atoms with Crippen LogP contribution in [0.2, 0.25) is 10.0 Å². The number of halogens is 2. The van der Waals surface area contributed by atoms with Crippen LogP contribution in [0.1, 0.15) is 5.56 Å². The molecule has 0 amide bonds. The van der Waals surface area contributed by atoms with E-state index < -0.39 is 0 Å². The van der Waals surface area contributed by atoms with Crippen LogP contribution >= 0.6 is 23.2 Å². The lowest BCUT2D eigenvalue weighted by molar-refractivity contribution is 0.00313. The topological polar surface area (TPSA) is 67.7 Å². The van der Waals surface area contributed by atoms with E-state index in [-0.39, 0.29) is 19.3 Å². The average molecular weight is 370 g/mol. The van der Waals surface area contributed by atoms with Crippen molar-refractivity contribution in [3.05, 3.63) is 46.2 Å². The van der Waals surface area contributed by atoms with E-state index in [1.165, 1.54) is 0 Å². The number of morpholine rings is 1. The Bertz CT molecular complexity index is 665. The van der Waals surface area contributed by atoms with Crippen LogP contribution in [-0.2, 0) is 11.3 Å². The normalized spacial score (nSPS) is 17.8. The third kappa shape index (κ3) is 4.08. The highest BCUT2D eigenvalue weighted by Gasteiger charge is 2.21. The first-order valence-corrected chi connectivity index (χ1v) is 8.28. The van der Waals surface area contributed by atoms with Crippen molar-refractivity contribution >= 4 is 29.2 Å². The van der Waals surface area contributed by atoms with Gasteiger partial charge in [0.1, 0.15) is 6.61 Å². The first kappa shape index (κ1) is 17.2. The fraction of sp³-hybridized carbons (Fsp3) is 0.375. The molecule has 3 rings (SSSR count). The van der Waals surface area contributed by atoms with Crippen LogP contribution in [0, 0.1) is 0 Å². The Balaban J connectivity index is 1.62. The van der Waals surface area contributed by atoms with Crippen LogP contribution in [0.3, 0.4) is 0 Å². The molecule has 1 aliphatic rings. The summed E-state index contributed by atoms with van der Waals surface area (Å²) in [5.41, 5.74) is 0.726. The first-order valence-electron chi connectivity index (χ1n) is 7.52. The summed E-state index contributed by atoms with van der Waals surface area (Å²) in [4.78, 5) is 10.6. The minimum absolute atomic E-state index is 0.0176. The smallest absolute Gasteiger partial charge is 0.225 e. The number of aliphatic hydroxyl groups is 1. The second kappa shape index (κ2) is 7.98. The van der Waals surface area contributed by atoms with Crippen LogP contribution in [0.15, 0.2) is 30.6 Å². The van der Waals surface area contributed by atoms with Gasteiger partial charge in [0.15, 0.2) is 5.75 Å². The summed E-state index contributed by atoms with van der Waals surface area (Å²) in [6, 6.07) is 5.32. The molecule has 2 aromatic rings. The number of anilines is 1. The monoisotopic (exact) mass is 369 g/mol. The van der Waals surface area contributed by atoms with Crippen molar-refractivity contribution in [3.63, 3.8) is 0 Å². The number of aliphatic hydroxyl groups excluding tert-OH is 1. The Kier molecular flexibility index (Phi) is 5.73. The molecule has 1 unspecified atom stereocenters. The zero-order chi connectivity index (χ0) is 16.9. The second-order valence-corrected chi connectivity index (χ2v) is 6.14. The highest BCUT2D eigenvalue weighted by Crippen LogP contribution is 2.25. The van der Waals surface area contributed by atoms with Crippen molar-refractivity contribution < 1.29 is 14.6 Å². The summed E-state index contributed by atoms with van der Waals surface area (Å²) < 4.78 is 11.1. The number of ether oxygens (including phenoxy) is 2. The van der Waals surface area contributed by atoms with Crippen LogP contribution in [0.25, 0.3) is 0 Å². The van der Waals surface area contributed by atoms with Crippen LogP contribution in [0.4, 0.5) is 5.95 Å². The van der Waals surface area contributed by atoms with Gasteiger partial charge >= 0.3 is 0 Å². The van der Waals surface area contributed by atoms with Crippen molar-refractivity contribution in [3.8, 4) is 5.75 Å². The Morgan fingerprint density at radius 2 is 1.96 bits per heavy atom. The van der Waals surface area contributed by atoms with Gasteiger partial charge in [-0.15, -0.1) is 0 Å². The number of rotatable bonds is 5. The van der Waals surface area contributed by atoms with Gasteiger partial charge < -0.3 is 19.5 Å². The van der Waals surface area contributed by atoms with E-state index in [1.807, 2.05) is 4.90 Å². The zero-order valence-electron chi connectivity index (χ0n) is 12.9. The van der Waals surface area contributed by atoms with Crippen LogP contribution in [-0.4, -0.2) is 47.5 Å². The molecule has 1 saturated heterocycles. The minimum Gasteiger partial charge on any atom is -0.486 e. The molecule has 0 spiro atoms. The number of hydrogen-bond donors (Lipinski definition) is 1. The predicted molar refractivity (Wildman–Crippen MR) is 91.9 cm³/mol. The van der Waals surface area contributed by atoms with E-state index in [4.69, 9.17) is 32.7 Å². The minimum atomic E-state index is -0.208. The van der Waals surface area contributed by atoms with Crippen LogP contribution in [0.5, 0.6) is 5.75 Å². The number of benzene rings is 1. The van der Waals surface area contributed by atoms with Gasteiger partial charge in [-0.2, -0.15) is 0 Å². The molecule has 0 saturated carbocycles. The summed E-state index contributed by atoms with van der Waals surface area (Å²) in [7, 11) is 0. The lowest BCUT2D eigenvalue weighted by atomic mass is 10.2. The maximum Gasteiger partial charge on any atom is 0.225 e. The summed E-state index contributed by atoms with van der Waals surface area (Å²) in [6.45, 7) is 2.01. The zero-order valence-corrected chi connectivity index (χ0v) is 14.4. The molecule has 1 aromatic heterocycles. The van der Waals surface area contributed by atoms with Gasteiger partial charge in [0.2, 0.25) is 5.95 Å². The first-order chi connectivity index (χ1) is 11.7. The molecule has 1 aliphatic heterocycles. The van der Waals surface area contributed by atoms with Gasteiger partial charge in [0.25, 0.3) is 0 Å². The number of hydrogen-bond acceptors (Lipinski definition) is 6. The molecule has 24 heavy (non-hydrogen) atoms. The third-order valence-corrected chi connectivity index (χ3v) is 4.39. The van der Waals surface area contributed by atoms with E-state index in [1.54, 1.807) is 30.6 Å². The molecule has 1 N–H and O–H groups in total. The van der Waals surface area contributed by atoms with Gasteiger partial charge in [-0.05, 0) is 12.1 Å². The predicted octanol–water partition coefficient (Wildman–Crippen LogP) is 2.56. The molecule has 0 bridgehead atoms. The Morgan fingerprint density at radius 3 is 2.62 bits per heavy atom. The quantitative estimate of drug-likeness (QED) is 0.873. The van der Waals surface area contributed by atoms with Gasteiger partial charge in [0, 0.05) is 28.7 Å². The molecule has 1 atom stereocenters. The average Bonchev–Trinajstić information content (AvgIpc) is 2.62. The highest BCUT2D eigenvalue weighted by atomic mass is 35.5. The van der Waals surface area contributed by atoms with Gasteiger partial charge in [-0.25, -0.2) is 9.97 Å². The van der Waals surface area contributed by atoms with Crippen LogP contribution < -0.4 is 9.64 Å². The molecule has 128 valence electrons. The number of nitrogens with zero attached hydrogens (tertiary/aromatic N) is 3. The van der Waals surface area contributed by atoms with Gasteiger partial charge in [-0.1, -0.05) is 29.3 Å². The van der Waals surface area contributed by atoms with Crippen molar-refractivity contribution in [1.82, 2.24) is 9.97 Å². The third-order valence-electron chi connectivity index (χ3n) is 3.68. The maximum absolute atomic E-state index is 9.19. The Hall–Kier alpha value is -1.60. The fourth-order valence-corrected chi connectivity index (χ4v) is 2.89. The van der Waals surface area contributed by atoms with Gasteiger partial charge in [0.05, 0.1) is 31.7 Å². The summed E-state index contributed by atoms with van der Waals surface area (Å²) in [5, 5.41) is 10.3. The van der Waals surface area contributed by atoms with Crippen molar-refractivity contribution in [2.75, 3.05) is 31.2 Å². The standard InChI is InChI=1S/C16H17Cl2N3O3/c17-14-2-1-3-15(18)13(14)10-24-11-6-19-16(20-7-11)21-4-5-23-12(8-21)9-22/h1-3,6-7,12,22H,4-5,8-10H2. The van der Waals surface area contributed by atoms with E-state index in [2.05, 4.69) is 9.97 Å². The molecule has 0 aliphatic carbocycles. The van der Waals surface area contributed by atoms with E-state index in [9.17, 15) is 5.11 Å². The van der Waals surface area contributed by atoms with E-state index in [0.717, 1.165) is 5.56 Å². The molecule has 1 fully saturated rings. The fourth-order valence-electron chi connectivity index (χ4n) is 2.38. The highest BCUT2D eigenvalue weighted by molar-refractivity contribution is 6.35. The molecule has 8 heteroatoms. The SMILES string of the molecule is OCC1CN(c2ncc(OCc3c(Cl)cccc3Cl)cn2)CCO1. The summed E-state index contributed by atoms with van der Waals surface area (Å²) >= 11 is 12.2. The van der Waals surface area contributed by atoms with Crippen molar-refractivity contribution in [2.24, 2.45) is 0 Å².